The molecule has 1 N–H and O–H groups in total. The number of rotatable bonds is 2. The van der Waals surface area contributed by atoms with Crippen molar-refractivity contribution in [3.63, 3.8) is 0 Å². The Balaban J connectivity index is 2.07. The highest BCUT2D eigenvalue weighted by atomic mass is 16.5. The Morgan fingerprint density at radius 3 is 3.11 bits per heavy atom. The standard InChI is InChI=1S/C5H5N3O/c1(5-3-9-5)4-2-6-8-7-4/h2-3H,1H2,(H,6,7,8). The van der Waals surface area contributed by atoms with Crippen LogP contribution in [-0.4, -0.2) is 15.4 Å². The minimum Gasteiger partial charge on any atom is -0.462 e. The van der Waals surface area contributed by atoms with Gasteiger partial charge in [-0.05, 0) is 0 Å². The van der Waals surface area contributed by atoms with E-state index in [0.717, 1.165) is 17.9 Å². The van der Waals surface area contributed by atoms with Gasteiger partial charge in [0, 0.05) is 0 Å². The molecule has 1 aliphatic rings. The summed E-state index contributed by atoms with van der Waals surface area (Å²) in [5.41, 5.74) is 0.916. The van der Waals surface area contributed by atoms with Crippen molar-refractivity contribution in [2.24, 2.45) is 0 Å². The number of hydrogen-bond acceptors (Lipinski definition) is 3. The predicted molar refractivity (Wildman–Crippen MR) is 29.3 cm³/mol. The first kappa shape index (κ1) is 4.55. The molecule has 1 aromatic heterocycles. The predicted octanol–water partition coefficient (Wildman–Crippen LogP) is 0.219. The summed E-state index contributed by atoms with van der Waals surface area (Å²) in [6.07, 6.45) is 4.15. The van der Waals surface area contributed by atoms with E-state index in [1.54, 1.807) is 12.5 Å². The van der Waals surface area contributed by atoms with Crippen LogP contribution >= 0.6 is 0 Å². The average Bonchev–Trinajstić information content (AvgIpc) is 2.46. The van der Waals surface area contributed by atoms with Gasteiger partial charge in [0.25, 0.3) is 0 Å². The Morgan fingerprint density at radius 2 is 2.56 bits per heavy atom. The van der Waals surface area contributed by atoms with Gasteiger partial charge in [-0.3, -0.25) is 0 Å². The zero-order valence-corrected chi connectivity index (χ0v) is 4.66. The number of nitrogens with one attached hydrogen (secondary N) is 1. The summed E-state index contributed by atoms with van der Waals surface area (Å²) in [5.74, 6) is 0.976. The molecule has 0 spiro atoms. The monoisotopic (exact) mass is 123 g/mol. The third kappa shape index (κ3) is 0.910. The van der Waals surface area contributed by atoms with Crippen LogP contribution in [-0.2, 0) is 11.2 Å². The molecule has 0 radical (unpaired) electrons. The van der Waals surface area contributed by atoms with Gasteiger partial charge in [0.2, 0.25) is 0 Å². The molecular weight excluding hydrogens is 118 g/mol. The average molecular weight is 123 g/mol. The van der Waals surface area contributed by atoms with Crippen LogP contribution < -0.4 is 0 Å². The molecule has 4 nitrogen and oxygen atoms in total. The minimum atomic E-state index is 0.760. The van der Waals surface area contributed by atoms with Gasteiger partial charge >= 0.3 is 0 Å². The van der Waals surface area contributed by atoms with E-state index in [1.165, 1.54) is 0 Å². The maximum absolute atomic E-state index is 4.79. The first-order valence-electron chi connectivity index (χ1n) is 2.65. The second kappa shape index (κ2) is 1.58. The van der Waals surface area contributed by atoms with Gasteiger partial charge in [-0.25, -0.2) is 0 Å². The van der Waals surface area contributed by atoms with Gasteiger partial charge in [-0.15, -0.1) is 0 Å². The van der Waals surface area contributed by atoms with Crippen molar-refractivity contribution in [1.82, 2.24) is 15.4 Å². The van der Waals surface area contributed by atoms with Crippen molar-refractivity contribution < 1.29 is 4.74 Å². The molecular formula is C5H5N3O. The molecule has 0 atom stereocenters. The number of H-pyrrole nitrogens is 1. The highest BCUT2D eigenvalue weighted by molar-refractivity contribution is 5.11. The molecule has 0 aliphatic carbocycles. The number of allylic oxidation sites excluding steroid dienone is 1. The molecule has 0 unspecified atom stereocenters. The minimum absolute atomic E-state index is 0.760. The summed E-state index contributed by atoms with van der Waals surface area (Å²) in [5, 5.41) is 10.0. The van der Waals surface area contributed by atoms with Crippen LogP contribution in [0.25, 0.3) is 0 Å². The first-order valence-corrected chi connectivity index (χ1v) is 2.65. The molecule has 0 saturated heterocycles. The molecule has 9 heavy (non-hydrogen) atoms. The van der Waals surface area contributed by atoms with Crippen molar-refractivity contribution in [2.45, 2.75) is 6.42 Å². The highest BCUT2D eigenvalue weighted by Gasteiger charge is 2.11. The summed E-state index contributed by atoms with van der Waals surface area (Å²) < 4.78 is 4.79. The van der Waals surface area contributed by atoms with Crippen molar-refractivity contribution in [1.29, 1.82) is 0 Å². The fourth-order valence-corrected chi connectivity index (χ4v) is 0.614. The van der Waals surface area contributed by atoms with Gasteiger partial charge in [0.1, 0.15) is 12.0 Å². The molecule has 2 rings (SSSR count). The summed E-state index contributed by atoms with van der Waals surface area (Å²) in [6, 6.07) is 0. The fourth-order valence-electron chi connectivity index (χ4n) is 0.614. The van der Waals surface area contributed by atoms with Crippen molar-refractivity contribution in [2.75, 3.05) is 0 Å². The molecule has 46 valence electrons. The molecule has 1 aliphatic heterocycles. The van der Waals surface area contributed by atoms with Gasteiger partial charge in [0.15, 0.2) is 0 Å². The lowest BCUT2D eigenvalue weighted by Crippen LogP contribution is -1.81. The normalized spacial score (nSPS) is 14.4. The van der Waals surface area contributed by atoms with Crippen molar-refractivity contribution in [3.05, 3.63) is 23.9 Å². The zero-order valence-electron chi connectivity index (χ0n) is 4.66. The van der Waals surface area contributed by atoms with Crippen LogP contribution in [0, 0.1) is 0 Å². The SMILES string of the molecule is C1=C(Cc2cn[nH]n2)O1. The quantitative estimate of drug-likeness (QED) is 0.612. The van der Waals surface area contributed by atoms with Crippen LogP contribution in [0.15, 0.2) is 18.2 Å². The van der Waals surface area contributed by atoms with Crippen LogP contribution in [0.2, 0.25) is 0 Å². The van der Waals surface area contributed by atoms with E-state index < -0.39 is 0 Å². The molecule has 0 fully saturated rings. The van der Waals surface area contributed by atoms with E-state index in [2.05, 4.69) is 15.4 Å². The second-order valence-electron chi connectivity index (χ2n) is 1.84. The zero-order chi connectivity index (χ0) is 6.10. The smallest absolute Gasteiger partial charge is 0.144 e. The summed E-state index contributed by atoms with van der Waals surface area (Å²) in [6.45, 7) is 0. The van der Waals surface area contributed by atoms with E-state index in [9.17, 15) is 0 Å². The topological polar surface area (TPSA) is 54.1 Å². The summed E-state index contributed by atoms with van der Waals surface area (Å²) >= 11 is 0. The number of aromatic amines is 1. The Hall–Kier alpha value is -1.32. The first-order chi connectivity index (χ1) is 4.45. The molecule has 0 amide bonds. The van der Waals surface area contributed by atoms with Gasteiger partial charge < -0.3 is 4.74 Å². The summed E-state index contributed by atoms with van der Waals surface area (Å²) in [7, 11) is 0. The van der Waals surface area contributed by atoms with Crippen LogP contribution in [0.5, 0.6) is 0 Å². The molecule has 0 saturated carbocycles. The fraction of sp³-hybridized carbons (Fsp3) is 0.200. The Bertz CT molecular complexity index is 226. The molecule has 1 aromatic rings. The van der Waals surface area contributed by atoms with Crippen LogP contribution in [0.4, 0.5) is 0 Å². The lowest BCUT2D eigenvalue weighted by atomic mass is 10.3. The van der Waals surface area contributed by atoms with Crippen LogP contribution in [0.1, 0.15) is 5.69 Å². The number of nitrogens with zero attached hydrogens (tertiary/aromatic N) is 2. The lowest BCUT2D eigenvalue weighted by molar-refractivity contribution is 0.490. The van der Waals surface area contributed by atoms with E-state index in [-0.39, 0.29) is 0 Å². The highest BCUT2D eigenvalue weighted by Crippen LogP contribution is 2.16. The van der Waals surface area contributed by atoms with Gasteiger partial charge in [0.05, 0.1) is 18.3 Å². The van der Waals surface area contributed by atoms with E-state index in [4.69, 9.17) is 4.74 Å². The Kier molecular flexibility index (Phi) is 0.798. The van der Waals surface area contributed by atoms with Crippen molar-refractivity contribution >= 4 is 0 Å². The molecule has 0 aromatic carbocycles. The summed E-state index contributed by atoms with van der Waals surface area (Å²) in [4.78, 5) is 0. The third-order valence-electron chi connectivity index (χ3n) is 1.10. The number of hydrogen-bond donors (Lipinski definition) is 1. The van der Waals surface area contributed by atoms with E-state index >= 15 is 0 Å². The van der Waals surface area contributed by atoms with Gasteiger partial charge in [-0.1, -0.05) is 0 Å². The van der Waals surface area contributed by atoms with E-state index in [1.807, 2.05) is 0 Å². The Labute approximate surface area is 51.5 Å². The van der Waals surface area contributed by atoms with Crippen molar-refractivity contribution in [3.8, 4) is 0 Å². The van der Waals surface area contributed by atoms with E-state index in [0.29, 0.717) is 0 Å². The third-order valence-corrected chi connectivity index (χ3v) is 1.10. The molecule has 4 heteroatoms. The largest absolute Gasteiger partial charge is 0.462 e. The maximum Gasteiger partial charge on any atom is 0.144 e. The number of ether oxygens (including phenoxy) is 1. The molecule has 0 bridgehead atoms. The molecule has 2 heterocycles. The maximum atomic E-state index is 4.79. The lowest BCUT2D eigenvalue weighted by Gasteiger charge is -1.80. The van der Waals surface area contributed by atoms with Gasteiger partial charge in [-0.2, -0.15) is 15.4 Å². The Morgan fingerprint density at radius 1 is 1.67 bits per heavy atom. The second-order valence-corrected chi connectivity index (χ2v) is 1.84. The number of aromatic nitrogens is 3. The van der Waals surface area contributed by atoms with Crippen LogP contribution in [0.3, 0.4) is 0 Å².